The van der Waals surface area contributed by atoms with Crippen molar-refractivity contribution < 1.29 is 9.47 Å². The molecule has 0 aliphatic rings. The predicted octanol–water partition coefficient (Wildman–Crippen LogP) is 4.71. The molecule has 0 unspecified atom stereocenters. The fourth-order valence-electron chi connectivity index (χ4n) is 3.15. The van der Waals surface area contributed by atoms with Crippen molar-refractivity contribution in [1.29, 1.82) is 0 Å². The summed E-state index contributed by atoms with van der Waals surface area (Å²) in [5.41, 5.74) is 1.55. The van der Waals surface area contributed by atoms with Crippen molar-refractivity contribution in [2.24, 2.45) is 0 Å². The number of ether oxygens (including phenoxy) is 2. The lowest BCUT2D eigenvalue weighted by Gasteiger charge is -2.12. The molecule has 0 N–H and O–H groups in total. The van der Waals surface area contributed by atoms with Gasteiger partial charge >= 0.3 is 6.01 Å². The van der Waals surface area contributed by atoms with Gasteiger partial charge in [-0.2, -0.15) is 4.98 Å². The minimum absolute atomic E-state index is 0.131. The standard InChI is InChI=1S/C23H16N4O3S/c1-29-16-11-9-15(10-12-16)27-21-18(25-20(22(27)28)19-8-5-13-31-19)14-24-23(26-21)30-17-6-3-2-4-7-17/h2-14H,1H3. The Labute approximate surface area is 181 Å². The SMILES string of the molecule is COc1ccc(-n2c(=O)c(-c3cccs3)nc3cnc(Oc4ccccc4)nc32)cc1. The van der Waals surface area contributed by atoms with Crippen LogP contribution in [-0.4, -0.2) is 26.6 Å². The van der Waals surface area contributed by atoms with Crippen LogP contribution in [0.4, 0.5) is 0 Å². The van der Waals surface area contributed by atoms with Gasteiger partial charge in [0.2, 0.25) is 0 Å². The van der Waals surface area contributed by atoms with Crippen LogP contribution in [-0.2, 0) is 0 Å². The largest absolute Gasteiger partial charge is 0.497 e. The number of fused-ring (bicyclic) bond motifs is 1. The number of aromatic nitrogens is 4. The zero-order valence-corrected chi connectivity index (χ0v) is 17.2. The van der Waals surface area contributed by atoms with Crippen molar-refractivity contribution >= 4 is 22.5 Å². The maximum Gasteiger partial charge on any atom is 0.324 e. The highest BCUT2D eigenvalue weighted by molar-refractivity contribution is 7.13. The van der Waals surface area contributed by atoms with Crippen LogP contribution in [0.5, 0.6) is 17.5 Å². The Morgan fingerprint density at radius 2 is 1.71 bits per heavy atom. The average molecular weight is 428 g/mol. The van der Waals surface area contributed by atoms with Crippen molar-refractivity contribution in [3.05, 3.63) is 88.7 Å². The van der Waals surface area contributed by atoms with E-state index in [1.807, 2.05) is 47.8 Å². The van der Waals surface area contributed by atoms with Crippen LogP contribution >= 0.6 is 11.3 Å². The molecule has 0 bridgehead atoms. The minimum atomic E-state index is -0.274. The van der Waals surface area contributed by atoms with Gasteiger partial charge in [-0.25, -0.2) is 9.97 Å². The van der Waals surface area contributed by atoms with E-state index in [0.29, 0.717) is 34.0 Å². The third-order valence-corrected chi connectivity index (χ3v) is 5.49. The number of benzene rings is 2. The Hall–Kier alpha value is -4.04. The number of methoxy groups -OCH3 is 1. The summed E-state index contributed by atoms with van der Waals surface area (Å²) in [7, 11) is 1.60. The summed E-state index contributed by atoms with van der Waals surface area (Å²) in [5, 5.41) is 1.91. The summed E-state index contributed by atoms with van der Waals surface area (Å²) in [6.07, 6.45) is 1.57. The number of rotatable bonds is 5. The summed E-state index contributed by atoms with van der Waals surface area (Å²) in [6.45, 7) is 0. The topological polar surface area (TPSA) is 79.1 Å². The van der Waals surface area contributed by atoms with Crippen molar-refractivity contribution in [2.75, 3.05) is 7.11 Å². The second kappa shape index (κ2) is 8.00. The second-order valence-corrected chi connectivity index (χ2v) is 7.50. The fraction of sp³-hybridized carbons (Fsp3) is 0.0435. The van der Waals surface area contributed by atoms with Crippen LogP contribution in [0.1, 0.15) is 0 Å². The van der Waals surface area contributed by atoms with Gasteiger partial charge in [-0.05, 0) is 47.8 Å². The summed E-state index contributed by atoms with van der Waals surface area (Å²) >= 11 is 1.45. The maximum absolute atomic E-state index is 13.5. The summed E-state index contributed by atoms with van der Waals surface area (Å²) in [5.74, 6) is 1.29. The summed E-state index contributed by atoms with van der Waals surface area (Å²) in [6, 6.07) is 20.3. The van der Waals surface area contributed by atoms with Crippen LogP contribution in [0, 0.1) is 0 Å². The monoisotopic (exact) mass is 428 g/mol. The van der Waals surface area contributed by atoms with E-state index in [1.54, 1.807) is 37.6 Å². The highest BCUT2D eigenvalue weighted by Gasteiger charge is 2.17. The Kier molecular flexibility index (Phi) is 4.89. The van der Waals surface area contributed by atoms with E-state index in [1.165, 1.54) is 15.9 Å². The Bertz CT molecular complexity index is 1400. The molecule has 0 radical (unpaired) electrons. The molecule has 0 aliphatic carbocycles. The molecule has 5 rings (SSSR count). The van der Waals surface area contributed by atoms with E-state index in [9.17, 15) is 4.79 Å². The van der Waals surface area contributed by atoms with Crippen molar-refractivity contribution in [3.63, 3.8) is 0 Å². The molecule has 2 aromatic carbocycles. The van der Waals surface area contributed by atoms with E-state index < -0.39 is 0 Å². The molecule has 5 aromatic rings. The van der Waals surface area contributed by atoms with Crippen molar-refractivity contribution in [2.45, 2.75) is 0 Å². The van der Waals surface area contributed by atoms with Crippen LogP contribution < -0.4 is 15.0 Å². The molecule has 0 amide bonds. The third-order valence-electron chi connectivity index (χ3n) is 4.62. The first kappa shape index (κ1) is 19.0. The quantitative estimate of drug-likeness (QED) is 0.404. The first-order valence-corrected chi connectivity index (χ1v) is 10.3. The maximum atomic E-state index is 13.5. The van der Waals surface area contributed by atoms with Gasteiger partial charge in [0.1, 0.15) is 22.7 Å². The van der Waals surface area contributed by atoms with Gasteiger partial charge in [-0.15, -0.1) is 11.3 Å². The fourth-order valence-corrected chi connectivity index (χ4v) is 3.86. The van der Waals surface area contributed by atoms with Gasteiger partial charge in [-0.3, -0.25) is 9.36 Å². The van der Waals surface area contributed by atoms with E-state index in [-0.39, 0.29) is 11.6 Å². The lowest BCUT2D eigenvalue weighted by molar-refractivity contribution is 0.414. The number of nitrogens with zero attached hydrogens (tertiary/aromatic N) is 4. The minimum Gasteiger partial charge on any atom is -0.497 e. The summed E-state index contributed by atoms with van der Waals surface area (Å²) < 4.78 is 12.5. The average Bonchev–Trinajstić information content (AvgIpc) is 3.34. The molecule has 0 atom stereocenters. The lowest BCUT2D eigenvalue weighted by atomic mass is 10.2. The molecule has 0 saturated carbocycles. The smallest absolute Gasteiger partial charge is 0.324 e. The van der Waals surface area contributed by atoms with Crippen molar-refractivity contribution in [1.82, 2.24) is 19.5 Å². The Morgan fingerprint density at radius 1 is 0.903 bits per heavy atom. The van der Waals surface area contributed by atoms with Gasteiger partial charge in [0.25, 0.3) is 5.56 Å². The molecular formula is C23H16N4O3S. The van der Waals surface area contributed by atoms with E-state index >= 15 is 0 Å². The molecular weight excluding hydrogens is 412 g/mol. The van der Waals surface area contributed by atoms with Crippen molar-refractivity contribution in [3.8, 4) is 33.8 Å². The van der Waals surface area contributed by atoms with Gasteiger partial charge < -0.3 is 9.47 Å². The number of hydrogen-bond acceptors (Lipinski definition) is 7. The zero-order chi connectivity index (χ0) is 21.2. The van der Waals surface area contributed by atoms with E-state index in [4.69, 9.17) is 9.47 Å². The second-order valence-electron chi connectivity index (χ2n) is 6.55. The molecule has 3 heterocycles. The summed E-state index contributed by atoms with van der Waals surface area (Å²) in [4.78, 5) is 27.6. The molecule has 0 saturated heterocycles. The van der Waals surface area contributed by atoms with Gasteiger partial charge in [-0.1, -0.05) is 24.3 Å². The number of thiophene rings is 1. The molecule has 8 heteroatoms. The lowest BCUT2D eigenvalue weighted by Crippen LogP contribution is -2.23. The third kappa shape index (κ3) is 3.64. The first-order valence-electron chi connectivity index (χ1n) is 9.44. The Morgan fingerprint density at radius 3 is 2.42 bits per heavy atom. The molecule has 31 heavy (non-hydrogen) atoms. The van der Waals surface area contributed by atoms with Gasteiger partial charge in [0.05, 0.1) is 23.9 Å². The van der Waals surface area contributed by atoms with Crippen LogP contribution in [0.25, 0.3) is 27.4 Å². The molecule has 0 fully saturated rings. The normalized spacial score (nSPS) is 10.9. The van der Waals surface area contributed by atoms with Gasteiger partial charge in [0.15, 0.2) is 5.65 Å². The molecule has 0 spiro atoms. The van der Waals surface area contributed by atoms with E-state index in [0.717, 1.165) is 4.88 Å². The first-order chi connectivity index (χ1) is 15.2. The van der Waals surface area contributed by atoms with E-state index in [2.05, 4.69) is 15.0 Å². The molecule has 3 aromatic heterocycles. The predicted molar refractivity (Wildman–Crippen MR) is 119 cm³/mol. The molecule has 0 aliphatic heterocycles. The Balaban J connectivity index is 1.73. The van der Waals surface area contributed by atoms with Crippen LogP contribution in [0.2, 0.25) is 0 Å². The number of hydrogen-bond donors (Lipinski definition) is 0. The van der Waals surface area contributed by atoms with Gasteiger partial charge in [0, 0.05) is 0 Å². The highest BCUT2D eigenvalue weighted by Crippen LogP contribution is 2.25. The van der Waals surface area contributed by atoms with Crippen LogP contribution in [0.15, 0.2) is 83.1 Å². The number of para-hydroxylation sites is 1. The van der Waals surface area contributed by atoms with Crippen LogP contribution in [0.3, 0.4) is 0 Å². The molecule has 7 nitrogen and oxygen atoms in total. The molecule has 152 valence electrons. The highest BCUT2D eigenvalue weighted by atomic mass is 32.1. The zero-order valence-electron chi connectivity index (χ0n) is 16.4.